The smallest absolute Gasteiger partial charge is 0.230 e. The number of amides is 1. The Morgan fingerprint density at radius 3 is 2.60 bits per heavy atom. The van der Waals surface area contributed by atoms with Crippen molar-refractivity contribution in [1.82, 2.24) is 5.32 Å². The van der Waals surface area contributed by atoms with E-state index in [1.54, 1.807) is 0 Å². The van der Waals surface area contributed by atoms with Gasteiger partial charge in [0.15, 0.2) is 0 Å². The van der Waals surface area contributed by atoms with E-state index in [1.165, 1.54) is 16.7 Å². The van der Waals surface area contributed by atoms with Crippen molar-refractivity contribution in [1.29, 1.82) is 0 Å². The Balaban J connectivity index is 3.18. The van der Waals surface area contributed by atoms with Gasteiger partial charge in [-0.05, 0) is 39.7 Å². The Labute approximate surface area is 92.4 Å². The van der Waals surface area contributed by atoms with Crippen LogP contribution in [-0.2, 0) is 4.79 Å². The van der Waals surface area contributed by atoms with Crippen molar-refractivity contribution in [2.24, 2.45) is 5.41 Å². The Morgan fingerprint density at radius 2 is 2.13 bits per heavy atom. The predicted molar refractivity (Wildman–Crippen MR) is 63.5 cm³/mol. The first-order chi connectivity index (χ1) is 6.91. The molecular formula is C13H21NO. The monoisotopic (exact) mass is 207 g/mol. The molecule has 1 atom stereocenters. The molecule has 1 amide bonds. The van der Waals surface area contributed by atoms with Crippen LogP contribution in [0.5, 0.6) is 0 Å². The Bertz CT molecular complexity index is 334. The molecule has 0 fully saturated rings. The topological polar surface area (TPSA) is 29.1 Å². The highest BCUT2D eigenvalue weighted by atomic mass is 16.2. The highest BCUT2D eigenvalue weighted by Crippen LogP contribution is 2.35. The first kappa shape index (κ1) is 12.0. The van der Waals surface area contributed by atoms with Gasteiger partial charge in [-0.15, -0.1) is 0 Å². The van der Waals surface area contributed by atoms with Crippen LogP contribution in [0.1, 0.15) is 41.0 Å². The summed E-state index contributed by atoms with van der Waals surface area (Å²) in [6.45, 7) is 11.0. The standard InChI is InChI=1S/C13H21NO/c1-6-13(5)10(4)11(7-9(2)3)8-14-12(13)15/h7H,6,8H2,1-5H3,(H,14,15). The number of carbonyl (C=O) groups excluding carboxylic acids is 1. The zero-order chi connectivity index (χ0) is 11.6. The summed E-state index contributed by atoms with van der Waals surface area (Å²) in [5, 5.41) is 2.97. The molecule has 2 nitrogen and oxygen atoms in total. The van der Waals surface area contributed by atoms with Crippen molar-refractivity contribution in [2.75, 3.05) is 6.54 Å². The average Bonchev–Trinajstić information content (AvgIpc) is 2.19. The minimum absolute atomic E-state index is 0.161. The molecule has 0 bridgehead atoms. The average molecular weight is 207 g/mol. The molecule has 0 saturated carbocycles. The molecule has 0 aliphatic carbocycles. The van der Waals surface area contributed by atoms with Gasteiger partial charge in [0.2, 0.25) is 5.91 Å². The minimum Gasteiger partial charge on any atom is -0.351 e. The van der Waals surface area contributed by atoms with E-state index in [2.05, 4.69) is 39.1 Å². The van der Waals surface area contributed by atoms with Crippen molar-refractivity contribution in [3.8, 4) is 0 Å². The molecule has 0 radical (unpaired) electrons. The first-order valence-electron chi connectivity index (χ1n) is 5.55. The second-order valence-electron chi connectivity index (χ2n) is 4.74. The zero-order valence-corrected chi connectivity index (χ0v) is 10.4. The fourth-order valence-electron chi connectivity index (χ4n) is 1.96. The van der Waals surface area contributed by atoms with Crippen LogP contribution >= 0.6 is 0 Å². The molecule has 1 aliphatic heterocycles. The summed E-state index contributed by atoms with van der Waals surface area (Å²) < 4.78 is 0. The lowest BCUT2D eigenvalue weighted by Gasteiger charge is -2.34. The summed E-state index contributed by atoms with van der Waals surface area (Å²) in [4.78, 5) is 11.8. The van der Waals surface area contributed by atoms with Gasteiger partial charge in [-0.25, -0.2) is 0 Å². The Kier molecular flexibility index (Phi) is 3.38. The van der Waals surface area contributed by atoms with Crippen LogP contribution in [0.4, 0.5) is 0 Å². The van der Waals surface area contributed by atoms with Crippen LogP contribution in [-0.4, -0.2) is 12.5 Å². The zero-order valence-electron chi connectivity index (χ0n) is 10.4. The molecule has 15 heavy (non-hydrogen) atoms. The van der Waals surface area contributed by atoms with E-state index in [4.69, 9.17) is 0 Å². The van der Waals surface area contributed by atoms with Crippen molar-refractivity contribution in [3.05, 3.63) is 22.8 Å². The Morgan fingerprint density at radius 1 is 1.53 bits per heavy atom. The number of allylic oxidation sites excluding steroid dienone is 1. The SMILES string of the molecule is CCC1(C)C(=O)NCC(C=C(C)C)=C1C. The number of hydrogen-bond donors (Lipinski definition) is 1. The van der Waals surface area contributed by atoms with Crippen molar-refractivity contribution in [2.45, 2.75) is 41.0 Å². The fourth-order valence-corrected chi connectivity index (χ4v) is 1.96. The third kappa shape index (κ3) is 2.14. The van der Waals surface area contributed by atoms with E-state index < -0.39 is 0 Å². The summed E-state index contributed by atoms with van der Waals surface area (Å²) >= 11 is 0. The molecule has 1 heterocycles. The normalized spacial score (nSPS) is 26.3. The molecule has 0 spiro atoms. The van der Waals surface area contributed by atoms with Crippen LogP contribution in [0, 0.1) is 5.41 Å². The molecule has 1 rings (SSSR count). The predicted octanol–water partition coefficient (Wildman–Crippen LogP) is 2.82. The van der Waals surface area contributed by atoms with E-state index >= 15 is 0 Å². The summed E-state index contributed by atoms with van der Waals surface area (Å²) in [5.74, 6) is 0.161. The summed E-state index contributed by atoms with van der Waals surface area (Å²) in [6.07, 6.45) is 3.02. The van der Waals surface area contributed by atoms with E-state index in [1.807, 2.05) is 6.92 Å². The molecule has 1 aliphatic rings. The van der Waals surface area contributed by atoms with Crippen molar-refractivity contribution < 1.29 is 4.79 Å². The van der Waals surface area contributed by atoms with Gasteiger partial charge in [0, 0.05) is 6.54 Å². The summed E-state index contributed by atoms with van der Waals surface area (Å²) in [7, 11) is 0. The molecule has 1 unspecified atom stereocenters. The quantitative estimate of drug-likeness (QED) is 0.741. The first-order valence-corrected chi connectivity index (χ1v) is 5.55. The van der Waals surface area contributed by atoms with E-state index in [9.17, 15) is 4.79 Å². The molecule has 84 valence electrons. The number of nitrogens with one attached hydrogen (secondary N) is 1. The minimum atomic E-state index is -0.320. The lowest BCUT2D eigenvalue weighted by molar-refractivity contribution is -0.128. The third-order valence-electron chi connectivity index (χ3n) is 3.42. The largest absolute Gasteiger partial charge is 0.351 e. The van der Waals surface area contributed by atoms with Gasteiger partial charge in [-0.1, -0.05) is 24.1 Å². The highest BCUT2D eigenvalue weighted by Gasteiger charge is 2.37. The van der Waals surface area contributed by atoms with Crippen LogP contribution in [0.15, 0.2) is 22.8 Å². The molecule has 0 aromatic heterocycles. The number of rotatable bonds is 2. The maximum atomic E-state index is 11.8. The fraction of sp³-hybridized carbons (Fsp3) is 0.615. The van der Waals surface area contributed by atoms with E-state index in [-0.39, 0.29) is 11.3 Å². The van der Waals surface area contributed by atoms with Gasteiger partial charge >= 0.3 is 0 Å². The molecule has 0 saturated heterocycles. The second kappa shape index (κ2) is 4.21. The van der Waals surface area contributed by atoms with Gasteiger partial charge in [0.1, 0.15) is 0 Å². The van der Waals surface area contributed by atoms with Gasteiger partial charge in [-0.3, -0.25) is 4.79 Å². The van der Waals surface area contributed by atoms with E-state index in [0.29, 0.717) is 6.54 Å². The summed E-state index contributed by atoms with van der Waals surface area (Å²) in [6, 6.07) is 0. The van der Waals surface area contributed by atoms with E-state index in [0.717, 1.165) is 6.42 Å². The maximum absolute atomic E-state index is 11.8. The molecule has 1 N–H and O–H groups in total. The van der Waals surface area contributed by atoms with Gasteiger partial charge in [0.25, 0.3) is 0 Å². The molecular weight excluding hydrogens is 186 g/mol. The highest BCUT2D eigenvalue weighted by molar-refractivity contribution is 5.87. The van der Waals surface area contributed by atoms with Gasteiger partial charge in [-0.2, -0.15) is 0 Å². The van der Waals surface area contributed by atoms with Crippen LogP contribution in [0.3, 0.4) is 0 Å². The number of hydrogen-bond acceptors (Lipinski definition) is 1. The Hall–Kier alpha value is -1.05. The van der Waals surface area contributed by atoms with Gasteiger partial charge < -0.3 is 5.32 Å². The van der Waals surface area contributed by atoms with Crippen molar-refractivity contribution in [3.63, 3.8) is 0 Å². The third-order valence-corrected chi connectivity index (χ3v) is 3.42. The van der Waals surface area contributed by atoms with Crippen molar-refractivity contribution >= 4 is 5.91 Å². The van der Waals surface area contributed by atoms with Crippen LogP contribution in [0.25, 0.3) is 0 Å². The lowest BCUT2D eigenvalue weighted by Crippen LogP contribution is -2.44. The number of carbonyl (C=O) groups is 1. The lowest BCUT2D eigenvalue weighted by atomic mass is 9.75. The van der Waals surface area contributed by atoms with Gasteiger partial charge in [0.05, 0.1) is 5.41 Å². The molecule has 2 heteroatoms. The summed E-state index contributed by atoms with van der Waals surface area (Å²) in [5.41, 5.74) is 3.44. The maximum Gasteiger partial charge on any atom is 0.230 e. The van der Waals surface area contributed by atoms with Crippen LogP contribution in [0.2, 0.25) is 0 Å². The van der Waals surface area contributed by atoms with Crippen LogP contribution < -0.4 is 5.32 Å². The second-order valence-corrected chi connectivity index (χ2v) is 4.74. The molecule has 0 aromatic carbocycles. The molecule has 0 aromatic rings.